The number of imide groups is 1. The molecule has 1 N–H and O–H groups in total. The summed E-state index contributed by atoms with van der Waals surface area (Å²) >= 11 is 0. The third kappa shape index (κ3) is 3.33. The van der Waals surface area contributed by atoms with E-state index in [0.717, 1.165) is 36.7 Å². The molecule has 0 spiro atoms. The zero-order chi connectivity index (χ0) is 24.1. The topological polar surface area (TPSA) is 123 Å². The Hall–Kier alpha value is -4.08. The van der Waals surface area contributed by atoms with Gasteiger partial charge in [-0.25, -0.2) is 9.78 Å². The fraction of sp³-hybridized carbons (Fsp3) is 0.333. The summed E-state index contributed by atoms with van der Waals surface area (Å²) in [5.74, 6) is -1.18. The fourth-order valence-corrected chi connectivity index (χ4v) is 4.81. The molecule has 1 saturated carbocycles. The Morgan fingerprint density at radius 1 is 0.941 bits per heavy atom. The first-order valence-corrected chi connectivity index (χ1v) is 11.2. The Morgan fingerprint density at radius 3 is 2.38 bits per heavy atom. The number of rotatable bonds is 3. The number of fused-ring (bicyclic) bond motifs is 2. The van der Waals surface area contributed by atoms with Gasteiger partial charge in [0.25, 0.3) is 23.3 Å². The van der Waals surface area contributed by atoms with Gasteiger partial charge in [0, 0.05) is 25.7 Å². The van der Waals surface area contributed by atoms with Gasteiger partial charge in [-0.2, -0.15) is 0 Å². The number of anilines is 1. The standard InChI is InChI=1S/C24H23N5O5/c1-27-19-18(21(31)28(2)24(27)34)11-14(12-25-19)26-20(30)13-8-9-16-17(10-13)23(33)29(22(16)32)15-6-4-3-5-7-15/h8-12,15H,3-7H2,1-2H3,(H,26,30). The predicted molar refractivity (Wildman–Crippen MR) is 124 cm³/mol. The van der Waals surface area contributed by atoms with E-state index in [-0.39, 0.29) is 45.7 Å². The second-order valence-corrected chi connectivity index (χ2v) is 8.79. The number of aromatic nitrogens is 3. The van der Waals surface area contributed by atoms with Crippen molar-refractivity contribution in [1.29, 1.82) is 0 Å². The zero-order valence-electron chi connectivity index (χ0n) is 18.8. The molecule has 10 heteroatoms. The van der Waals surface area contributed by atoms with E-state index in [2.05, 4.69) is 10.3 Å². The molecular formula is C24H23N5O5. The van der Waals surface area contributed by atoms with Gasteiger partial charge in [0.1, 0.15) is 5.65 Å². The first-order chi connectivity index (χ1) is 16.3. The summed E-state index contributed by atoms with van der Waals surface area (Å²) in [6.45, 7) is 0. The van der Waals surface area contributed by atoms with Crippen molar-refractivity contribution in [3.63, 3.8) is 0 Å². The normalized spacial score (nSPS) is 16.2. The molecule has 1 aliphatic carbocycles. The lowest BCUT2D eigenvalue weighted by Crippen LogP contribution is -2.40. The van der Waals surface area contributed by atoms with Crippen LogP contribution in [0.25, 0.3) is 11.0 Å². The summed E-state index contributed by atoms with van der Waals surface area (Å²) in [5, 5.41) is 2.86. The highest BCUT2D eigenvalue weighted by atomic mass is 16.2. The van der Waals surface area contributed by atoms with Crippen molar-refractivity contribution >= 4 is 34.4 Å². The Balaban J connectivity index is 1.43. The molecule has 0 atom stereocenters. The minimum atomic E-state index is -0.522. The number of hydrogen-bond donors (Lipinski definition) is 1. The van der Waals surface area contributed by atoms with Gasteiger partial charge in [-0.3, -0.25) is 33.2 Å². The minimum Gasteiger partial charge on any atom is -0.321 e. The lowest BCUT2D eigenvalue weighted by atomic mass is 9.94. The highest BCUT2D eigenvalue weighted by Crippen LogP contribution is 2.31. The van der Waals surface area contributed by atoms with Crippen molar-refractivity contribution in [2.75, 3.05) is 5.32 Å². The molecule has 3 heterocycles. The second-order valence-electron chi connectivity index (χ2n) is 8.79. The van der Waals surface area contributed by atoms with Crippen LogP contribution in [-0.2, 0) is 14.1 Å². The van der Waals surface area contributed by atoms with E-state index in [1.807, 2.05) is 0 Å². The maximum absolute atomic E-state index is 13.0. The van der Waals surface area contributed by atoms with Crippen molar-refractivity contribution in [2.45, 2.75) is 38.1 Å². The van der Waals surface area contributed by atoms with Crippen LogP contribution in [0.15, 0.2) is 40.1 Å². The van der Waals surface area contributed by atoms with Gasteiger partial charge in [-0.15, -0.1) is 0 Å². The molecule has 2 aliphatic rings. The Labute approximate surface area is 193 Å². The lowest BCUT2D eigenvalue weighted by molar-refractivity contribution is 0.0549. The molecule has 0 unspecified atom stereocenters. The Bertz CT molecular complexity index is 1500. The zero-order valence-corrected chi connectivity index (χ0v) is 18.8. The van der Waals surface area contributed by atoms with Crippen LogP contribution in [0.3, 0.4) is 0 Å². The van der Waals surface area contributed by atoms with Crippen molar-refractivity contribution in [2.24, 2.45) is 14.1 Å². The number of pyridine rings is 1. The van der Waals surface area contributed by atoms with Crippen molar-refractivity contribution < 1.29 is 14.4 Å². The number of hydrogen-bond acceptors (Lipinski definition) is 6. The molecule has 1 aliphatic heterocycles. The molecule has 3 aromatic rings. The van der Waals surface area contributed by atoms with Gasteiger partial charge >= 0.3 is 5.69 Å². The van der Waals surface area contributed by atoms with Crippen molar-refractivity contribution in [1.82, 2.24) is 19.0 Å². The molecule has 3 amide bonds. The number of nitrogens with zero attached hydrogens (tertiary/aromatic N) is 4. The molecule has 10 nitrogen and oxygen atoms in total. The van der Waals surface area contributed by atoms with Crippen LogP contribution in [0.5, 0.6) is 0 Å². The first kappa shape index (κ1) is 21.7. The quantitative estimate of drug-likeness (QED) is 0.594. The van der Waals surface area contributed by atoms with Crippen LogP contribution < -0.4 is 16.6 Å². The predicted octanol–water partition coefficient (Wildman–Crippen LogP) is 1.81. The number of carbonyl (C=O) groups is 3. The molecule has 5 rings (SSSR count). The van der Waals surface area contributed by atoms with Crippen LogP contribution in [0, 0.1) is 0 Å². The Morgan fingerprint density at radius 2 is 1.65 bits per heavy atom. The molecule has 0 bridgehead atoms. The third-order valence-corrected chi connectivity index (χ3v) is 6.67. The fourth-order valence-electron chi connectivity index (χ4n) is 4.81. The molecule has 2 aromatic heterocycles. The lowest BCUT2D eigenvalue weighted by Gasteiger charge is -2.29. The summed E-state index contributed by atoms with van der Waals surface area (Å²) in [5.41, 5.74) is 0.189. The van der Waals surface area contributed by atoms with E-state index in [0.29, 0.717) is 5.56 Å². The monoisotopic (exact) mass is 461 g/mol. The maximum atomic E-state index is 13.0. The van der Waals surface area contributed by atoms with Gasteiger partial charge in [0.15, 0.2) is 0 Å². The molecule has 174 valence electrons. The largest absolute Gasteiger partial charge is 0.332 e. The number of aryl methyl sites for hydroxylation is 1. The average Bonchev–Trinajstić information content (AvgIpc) is 3.11. The third-order valence-electron chi connectivity index (χ3n) is 6.67. The summed E-state index contributed by atoms with van der Waals surface area (Å²) in [7, 11) is 2.88. The Kier molecular flexibility index (Phi) is 5.15. The van der Waals surface area contributed by atoms with Crippen molar-refractivity contribution in [3.8, 4) is 0 Å². The molecule has 0 saturated heterocycles. The minimum absolute atomic E-state index is 0.0966. The maximum Gasteiger partial charge on any atom is 0.332 e. The highest BCUT2D eigenvalue weighted by Gasteiger charge is 2.40. The van der Waals surface area contributed by atoms with E-state index in [1.165, 1.54) is 54.0 Å². The van der Waals surface area contributed by atoms with Gasteiger partial charge in [0.2, 0.25) is 0 Å². The van der Waals surface area contributed by atoms with E-state index in [9.17, 15) is 24.0 Å². The second kappa shape index (κ2) is 8.05. The molecule has 0 radical (unpaired) electrons. The summed E-state index contributed by atoms with van der Waals surface area (Å²) in [6.07, 6.45) is 6.05. The molecule has 1 aromatic carbocycles. The summed E-state index contributed by atoms with van der Waals surface area (Å²) in [6, 6.07) is 5.80. The van der Waals surface area contributed by atoms with Crippen LogP contribution in [0.4, 0.5) is 5.69 Å². The van der Waals surface area contributed by atoms with Crippen LogP contribution in [0.2, 0.25) is 0 Å². The van der Waals surface area contributed by atoms with Gasteiger partial charge in [-0.1, -0.05) is 19.3 Å². The van der Waals surface area contributed by atoms with Gasteiger partial charge in [0.05, 0.1) is 28.4 Å². The first-order valence-electron chi connectivity index (χ1n) is 11.2. The summed E-state index contributed by atoms with van der Waals surface area (Å²) < 4.78 is 2.22. The number of nitrogens with one attached hydrogen (secondary N) is 1. The summed E-state index contributed by atoms with van der Waals surface area (Å²) in [4.78, 5) is 68.8. The van der Waals surface area contributed by atoms with E-state index < -0.39 is 17.2 Å². The van der Waals surface area contributed by atoms with Gasteiger partial charge < -0.3 is 5.32 Å². The molecule has 1 fully saturated rings. The SMILES string of the molecule is Cn1c(=O)c2cc(NC(=O)c3ccc4c(c3)C(=O)N(C3CCCCC3)C4=O)cnc2n(C)c1=O. The smallest absolute Gasteiger partial charge is 0.321 e. The van der Waals surface area contributed by atoms with Crippen LogP contribution in [0.1, 0.15) is 63.2 Å². The van der Waals surface area contributed by atoms with E-state index >= 15 is 0 Å². The molecule has 34 heavy (non-hydrogen) atoms. The number of carbonyl (C=O) groups excluding carboxylic acids is 3. The van der Waals surface area contributed by atoms with Gasteiger partial charge in [-0.05, 0) is 37.1 Å². The van der Waals surface area contributed by atoms with E-state index in [4.69, 9.17) is 0 Å². The van der Waals surface area contributed by atoms with Crippen LogP contribution in [-0.4, -0.2) is 42.8 Å². The van der Waals surface area contributed by atoms with Crippen molar-refractivity contribution in [3.05, 3.63) is 68.0 Å². The highest BCUT2D eigenvalue weighted by molar-refractivity contribution is 6.22. The average molecular weight is 461 g/mol. The number of amides is 3. The molecular weight excluding hydrogens is 438 g/mol. The number of benzene rings is 1. The van der Waals surface area contributed by atoms with E-state index in [1.54, 1.807) is 0 Å². The van der Waals surface area contributed by atoms with Crippen LogP contribution >= 0.6 is 0 Å².